The molecule has 0 radical (unpaired) electrons. The Bertz CT molecular complexity index is 279. The van der Waals surface area contributed by atoms with Crippen molar-refractivity contribution in [3.8, 4) is 0 Å². The topological polar surface area (TPSA) is 71.6 Å². The van der Waals surface area contributed by atoms with E-state index in [1.54, 1.807) is 18.2 Å². The number of hydrogen-bond donors (Lipinski definition) is 0. The monoisotopic (exact) mass is 188 g/mol. The van der Waals surface area contributed by atoms with Gasteiger partial charge in [-0.2, -0.15) is 0 Å². The number of carboxylic acid groups (broad SMARTS) is 1. The normalized spacial score (nSPS) is 7.69. The molecule has 3 nitrogen and oxygen atoms in total. The molecule has 0 heterocycles. The van der Waals surface area contributed by atoms with Crippen LogP contribution in [-0.2, 0) is 0 Å². The predicted molar refractivity (Wildman–Crippen MR) is 44.5 cm³/mol. The molecule has 0 spiro atoms. The van der Waals surface area contributed by atoms with Crippen molar-refractivity contribution in [3.63, 3.8) is 0 Å². The third kappa shape index (κ3) is 4.24. The van der Waals surface area contributed by atoms with Crippen molar-refractivity contribution in [3.05, 3.63) is 42.0 Å². The van der Waals surface area contributed by atoms with E-state index >= 15 is 0 Å². The van der Waals surface area contributed by atoms with Gasteiger partial charge in [0, 0.05) is 0 Å². The average molecular weight is 188 g/mol. The zero-order valence-electron chi connectivity index (χ0n) is 7.41. The number of benzene rings is 1. The summed E-state index contributed by atoms with van der Waals surface area (Å²) < 4.78 is 0. The maximum Gasteiger partial charge on any atom is 1.00 e. The van der Waals surface area contributed by atoms with Crippen LogP contribution in [0.3, 0.4) is 0 Å². The summed E-state index contributed by atoms with van der Waals surface area (Å²) in [4.78, 5) is 10.3. The second kappa shape index (κ2) is 6.86. The summed E-state index contributed by atoms with van der Waals surface area (Å²) in [5, 5.41) is 10.3. The van der Waals surface area contributed by atoms with E-state index in [-0.39, 0.29) is 40.6 Å². The van der Waals surface area contributed by atoms with Crippen molar-refractivity contribution >= 4 is 12.0 Å². The van der Waals surface area contributed by atoms with Crippen molar-refractivity contribution in [2.75, 3.05) is 0 Å². The molecular weight excluding hydrogens is 179 g/mol. The molecule has 0 aliphatic carbocycles. The largest absolute Gasteiger partial charge is 1.00 e. The van der Waals surface area contributed by atoms with Gasteiger partial charge in [0.1, 0.15) is 0 Å². The van der Waals surface area contributed by atoms with Gasteiger partial charge in [-0.05, 0) is 11.1 Å². The van der Waals surface area contributed by atoms with Crippen LogP contribution in [0.25, 0.3) is 6.08 Å². The number of carbonyl (C=O) groups is 1. The van der Waals surface area contributed by atoms with Gasteiger partial charge in [0.05, 0.1) is 5.97 Å². The van der Waals surface area contributed by atoms with Crippen LogP contribution in [0.4, 0.5) is 0 Å². The van der Waals surface area contributed by atoms with E-state index in [4.69, 9.17) is 0 Å². The maximum absolute atomic E-state index is 10.3. The Morgan fingerprint density at radius 3 is 2.08 bits per heavy atom. The first kappa shape index (κ1) is 14.9. The van der Waals surface area contributed by atoms with E-state index in [0.717, 1.165) is 5.56 Å². The van der Waals surface area contributed by atoms with Crippen LogP contribution >= 0.6 is 0 Å². The fourth-order valence-electron chi connectivity index (χ4n) is 0.755. The Kier molecular flexibility index (Phi) is 7.85. The van der Waals surface area contributed by atoms with E-state index in [1.807, 2.05) is 0 Å². The van der Waals surface area contributed by atoms with Crippen molar-refractivity contribution in [2.45, 2.75) is 0 Å². The summed E-state index contributed by atoms with van der Waals surface area (Å²) in [6.45, 7) is 3.54. The van der Waals surface area contributed by atoms with Crippen LogP contribution < -0.4 is 34.7 Å². The minimum absolute atomic E-state index is 0. The number of aromatic carboxylic acids is 1. The first-order chi connectivity index (χ1) is 5.24. The number of rotatable bonds is 2. The Morgan fingerprint density at radius 1 is 1.31 bits per heavy atom. The molecule has 1 aromatic rings. The van der Waals surface area contributed by atoms with Crippen LogP contribution in [0, 0.1) is 0 Å². The summed E-state index contributed by atoms with van der Waals surface area (Å²) in [7, 11) is 0. The van der Waals surface area contributed by atoms with Gasteiger partial charge < -0.3 is 15.4 Å². The standard InChI is InChI=1S/C9H8O2.Na.H2O/c1-2-7-3-5-8(6-4-7)9(10)11;;/h2-6H,1H2,(H,10,11);;1H2/q;+1;/p-1. The fraction of sp³-hybridized carbons (Fsp3) is 0. The molecule has 0 aliphatic rings. The summed E-state index contributed by atoms with van der Waals surface area (Å²) in [5.41, 5.74) is 1.09. The number of hydrogen-bond acceptors (Lipinski definition) is 2. The van der Waals surface area contributed by atoms with Gasteiger partial charge in [-0.3, -0.25) is 0 Å². The van der Waals surface area contributed by atoms with Gasteiger partial charge in [-0.1, -0.05) is 36.9 Å². The van der Waals surface area contributed by atoms with Crippen molar-refractivity contribution in [1.82, 2.24) is 0 Å². The van der Waals surface area contributed by atoms with Gasteiger partial charge in [0.25, 0.3) is 0 Å². The van der Waals surface area contributed by atoms with Crippen molar-refractivity contribution in [1.29, 1.82) is 0 Å². The molecule has 13 heavy (non-hydrogen) atoms. The van der Waals surface area contributed by atoms with E-state index in [2.05, 4.69) is 6.58 Å². The van der Waals surface area contributed by atoms with Gasteiger partial charge in [-0.25, -0.2) is 0 Å². The molecule has 0 aromatic heterocycles. The molecule has 0 amide bonds. The van der Waals surface area contributed by atoms with Crippen LogP contribution in [0.1, 0.15) is 15.9 Å². The fourth-order valence-corrected chi connectivity index (χ4v) is 0.755. The number of carbonyl (C=O) groups excluding carboxylic acids is 1. The Labute approximate surface area is 98.7 Å². The molecule has 0 saturated carbocycles. The average Bonchev–Trinajstić information content (AvgIpc) is 2.05. The second-order valence-corrected chi connectivity index (χ2v) is 2.11. The quantitative estimate of drug-likeness (QED) is 0.460. The van der Waals surface area contributed by atoms with Crippen LogP contribution in [0.2, 0.25) is 0 Å². The molecule has 0 fully saturated rings. The molecular formula is C9H9NaO3. The molecule has 0 saturated heterocycles. The molecule has 0 atom stereocenters. The van der Waals surface area contributed by atoms with Gasteiger partial charge in [0.2, 0.25) is 0 Å². The van der Waals surface area contributed by atoms with Crippen molar-refractivity contribution in [2.24, 2.45) is 0 Å². The van der Waals surface area contributed by atoms with E-state index in [0.29, 0.717) is 0 Å². The summed E-state index contributed by atoms with van der Waals surface area (Å²) >= 11 is 0. The number of carboxylic acids is 1. The van der Waals surface area contributed by atoms with E-state index in [1.165, 1.54) is 12.1 Å². The third-order valence-corrected chi connectivity index (χ3v) is 1.38. The SMILES string of the molecule is C=Cc1ccc(C(=O)[O-])cc1.O.[Na+]. The Hall–Kier alpha value is -0.610. The summed E-state index contributed by atoms with van der Waals surface area (Å²) in [5.74, 6) is -1.15. The molecule has 2 N–H and O–H groups in total. The van der Waals surface area contributed by atoms with Crippen molar-refractivity contribution < 1.29 is 44.9 Å². The van der Waals surface area contributed by atoms with Crippen LogP contribution in [-0.4, -0.2) is 11.4 Å². The first-order valence-electron chi connectivity index (χ1n) is 3.18. The summed E-state index contributed by atoms with van der Waals surface area (Å²) in [6, 6.07) is 6.34. The smallest absolute Gasteiger partial charge is 0.545 e. The summed E-state index contributed by atoms with van der Waals surface area (Å²) in [6.07, 6.45) is 1.65. The van der Waals surface area contributed by atoms with E-state index < -0.39 is 5.97 Å². The van der Waals surface area contributed by atoms with Gasteiger partial charge in [-0.15, -0.1) is 0 Å². The molecule has 1 rings (SSSR count). The minimum Gasteiger partial charge on any atom is -0.545 e. The Morgan fingerprint density at radius 2 is 1.77 bits per heavy atom. The third-order valence-electron chi connectivity index (χ3n) is 1.38. The maximum atomic E-state index is 10.3. The molecule has 1 aromatic carbocycles. The first-order valence-corrected chi connectivity index (χ1v) is 3.18. The molecule has 0 unspecified atom stereocenters. The second-order valence-electron chi connectivity index (χ2n) is 2.11. The molecule has 0 bridgehead atoms. The predicted octanol–water partition coefficient (Wildman–Crippen LogP) is -3.13. The van der Waals surface area contributed by atoms with E-state index in [9.17, 15) is 9.90 Å². The molecule has 64 valence electrons. The Balaban J connectivity index is 0. The van der Waals surface area contributed by atoms with Gasteiger partial charge in [0.15, 0.2) is 0 Å². The zero-order chi connectivity index (χ0) is 8.27. The van der Waals surface area contributed by atoms with Gasteiger partial charge >= 0.3 is 29.6 Å². The van der Waals surface area contributed by atoms with Crippen LogP contribution in [0.15, 0.2) is 30.8 Å². The zero-order valence-corrected chi connectivity index (χ0v) is 9.41. The minimum atomic E-state index is -1.15. The molecule has 4 heteroatoms. The van der Waals surface area contributed by atoms with Crippen LogP contribution in [0.5, 0.6) is 0 Å². The molecule has 0 aliphatic heterocycles.